The van der Waals surface area contributed by atoms with Crippen molar-refractivity contribution in [2.45, 2.75) is 38.7 Å². The van der Waals surface area contributed by atoms with Crippen LogP contribution in [0.4, 0.5) is 5.13 Å². The van der Waals surface area contributed by atoms with E-state index in [0.29, 0.717) is 27.2 Å². The van der Waals surface area contributed by atoms with Gasteiger partial charge in [0.25, 0.3) is 5.91 Å². The number of nitrogens with zero attached hydrogens (tertiary/aromatic N) is 1. The number of ketones is 1. The maximum Gasteiger partial charge on any atom is 0.269 e. The summed E-state index contributed by atoms with van der Waals surface area (Å²) in [7, 11) is 0. The predicted molar refractivity (Wildman–Crippen MR) is 94.2 cm³/mol. The number of nitrogens with one attached hydrogen (secondary N) is 1. The summed E-state index contributed by atoms with van der Waals surface area (Å²) in [6.45, 7) is 3.35. The second-order valence-electron chi connectivity index (χ2n) is 6.09. The van der Waals surface area contributed by atoms with Crippen molar-refractivity contribution in [3.8, 4) is 5.75 Å². The molecule has 0 aliphatic heterocycles. The smallest absolute Gasteiger partial charge is 0.269 e. The Balaban J connectivity index is 1.71. The lowest BCUT2D eigenvalue weighted by Crippen LogP contribution is -2.42. The van der Waals surface area contributed by atoms with Crippen molar-refractivity contribution in [3.05, 3.63) is 39.9 Å². The van der Waals surface area contributed by atoms with Crippen LogP contribution in [0.3, 0.4) is 0 Å². The molecule has 0 radical (unpaired) electrons. The van der Waals surface area contributed by atoms with E-state index in [1.165, 1.54) is 11.3 Å². The Morgan fingerprint density at radius 1 is 1.29 bits per heavy atom. The van der Waals surface area contributed by atoms with Crippen molar-refractivity contribution in [1.29, 1.82) is 0 Å². The lowest BCUT2D eigenvalue weighted by molar-refractivity contribution is -0.128. The molecule has 1 aliphatic rings. The van der Waals surface area contributed by atoms with Crippen LogP contribution in [0.2, 0.25) is 5.02 Å². The van der Waals surface area contributed by atoms with E-state index in [1.807, 2.05) is 0 Å². The minimum atomic E-state index is -1.09. The number of aromatic nitrogens is 1. The number of thiazole rings is 1. The highest BCUT2D eigenvalue weighted by molar-refractivity contribution is 7.17. The number of ether oxygens (including phenoxy) is 1. The third kappa shape index (κ3) is 3.60. The second-order valence-corrected chi connectivity index (χ2v) is 7.53. The maximum absolute atomic E-state index is 12.5. The van der Waals surface area contributed by atoms with Crippen molar-refractivity contribution in [2.24, 2.45) is 0 Å². The molecule has 2 aromatic rings. The average Bonchev–Trinajstić information content (AvgIpc) is 2.93. The molecule has 5 nitrogen and oxygen atoms in total. The number of carbonyl (C=O) groups is 2. The Labute approximate surface area is 149 Å². The van der Waals surface area contributed by atoms with Gasteiger partial charge in [-0.25, -0.2) is 4.98 Å². The largest absolute Gasteiger partial charge is 0.478 e. The zero-order chi connectivity index (χ0) is 17.3. The maximum atomic E-state index is 12.5. The number of fused-ring (bicyclic) bond motifs is 1. The van der Waals surface area contributed by atoms with Crippen LogP contribution in [0, 0.1) is 0 Å². The van der Waals surface area contributed by atoms with E-state index in [9.17, 15) is 9.59 Å². The van der Waals surface area contributed by atoms with Gasteiger partial charge in [0.05, 0.1) is 10.6 Å². The van der Waals surface area contributed by atoms with Gasteiger partial charge in [0.2, 0.25) is 0 Å². The number of rotatable bonds is 4. The van der Waals surface area contributed by atoms with Gasteiger partial charge in [-0.2, -0.15) is 0 Å². The third-order valence-corrected chi connectivity index (χ3v) is 5.03. The Kier molecular flexibility index (Phi) is 4.60. The quantitative estimate of drug-likeness (QED) is 0.886. The molecule has 0 unspecified atom stereocenters. The molecule has 1 amide bonds. The normalized spacial score (nSPS) is 14.2. The minimum Gasteiger partial charge on any atom is -0.478 e. The highest BCUT2D eigenvalue weighted by Gasteiger charge is 2.32. The van der Waals surface area contributed by atoms with E-state index >= 15 is 0 Å². The summed E-state index contributed by atoms with van der Waals surface area (Å²) in [5.41, 5.74) is -0.313. The summed E-state index contributed by atoms with van der Waals surface area (Å²) in [6, 6.07) is 6.81. The van der Waals surface area contributed by atoms with Crippen molar-refractivity contribution in [1.82, 2.24) is 4.98 Å². The monoisotopic (exact) mass is 364 g/mol. The fourth-order valence-corrected chi connectivity index (χ4v) is 3.51. The van der Waals surface area contributed by atoms with Gasteiger partial charge in [0, 0.05) is 11.4 Å². The lowest BCUT2D eigenvalue weighted by Gasteiger charge is -2.24. The molecule has 3 rings (SSSR count). The van der Waals surface area contributed by atoms with Gasteiger partial charge in [0.1, 0.15) is 5.75 Å². The molecule has 0 fully saturated rings. The molecule has 0 atom stereocenters. The molecule has 1 heterocycles. The molecule has 126 valence electrons. The van der Waals surface area contributed by atoms with E-state index in [0.717, 1.165) is 18.5 Å². The SMILES string of the molecule is CC(C)(Oc1ccc(Cl)cc1)C(=O)Nc1nc2c(s1)C(=O)CCC2. The van der Waals surface area contributed by atoms with Crippen LogP contribution < -0.4 is 10.1 Å². The number of hydrogen-bond acceptors (Lipinski definition) is 5. The van der Waals surface area contributed by atoms with E-state index in [2.05, 4.69) is 10.3 Å². The Bertz CT molecular complexity index is 784. The molecular weight excluding hydrogens is 348 g/mol. The van der Waals surface area contributed by atoms with Crippen LogP contribution in [0.25, 0.3) is 0 Å². The molecular formula is C17H17ClN2O3S. The summed E-state index contributed by atoms with van der Waals surface area (Å²) >= 11 is 7.08. The average molecular weight is 365 g/mol. The van der Waals surface area contributed by atoms with Crippen molar-refractivity contribution < 1.29 is 14.3 Å². The highest BCUT2D eigenvalue weighted by Crippen LogP contribution is 2.30. The highest BCUT2D eigenvalue weighted by atomic mass is 35.5. The van der Waals surface area contributed by atoms with Crippen LogP contribution in [0.5, 0.6) is 5.75 Å². The Morgan fingerprint density at radius 2 is 2.00 bits per heavy atom. The summed E-state index contributed by atoms with van der Waals surface area (Å²) in [6.07, 6.45) is 2.14. The lowest BCUT2D eigenvalue weighted by atomic mass is 10.0. The zero-order valence-corrected chi connectivity index (χ0v) is 15.0. The fourth-order valence-electron chi connectivity index (χ4n) is 2.41. The topological polar surface area (TPSA) is 68.3 Å². The minimum absolute atomic E-state index is 0.103. The molecule has 1 N–H and O–H groups in total. The van der Waals surface area contributed by atoms with Crippen LogP contribution in [-0.4, -0.2) is 22.3 Å². The van der Waals surface area contributed by atoms with Gasteiger partial charge in [-0.05, 0) is 51.0 Å². The molecule has 1 aliphatic carbocycles. The van der Waals surface area contributed by atoms with Crippen LogP contribution in [0.1, 0.15) is 42.1 Å². The van der Waals surface area contributed by atoms with E-state index < -0.39 is 5.60 Å². The van der Waals surface area contributed by atoms with Gasteiger partial charge in [-0.3, -0.25) is 14.9 Å². The van der Waals surface area contributed by atoms with Gasteiger partial charge in [-0.1, -0.05) is 22.9 Å². The molecule has 0 saturated heterocycles. The number of anilines is 1. The first-order valence-electron chi connectivity index (χ1n) is 7.64. The second kappa shape index (κ2) is 6.53. The first-order valence-corrected chi connectivity index (χ1v) is 8.83. The number of amides is 1. The standard InChI is InChI=1S/C17H17ClN2O3S/c1-17(2,23-11-8-6-10(18)7-9-11)15(22)20-16-19-12-4-3-5-13(21)14(12)24-16/h6-9H,3-5H2,1-2H3,(H,19,20,22). The number of hydrogen-bond donors (Lipinski definition) is 1. The van der Waals surface area contributed by atoms with Crippen molar-refractivity contribution in [2.75, 3.05) is 5.32 Å². The summed E-state index contributed by atoms with van der Waals surface area (Å²) in [5, 5.41) is 3.79. The van der Waals surface area contributed by atoms with Gasteiger partial charge < -0.3 is 4.74 Å². The number of benzene rings is 1. The van der Waals surface area contributed by atoms with Crippen molar-refractivity contribution >= 4 is 39.8 Å². The van der Waals surface area contributed by atoms with E-state index in [-0.39, 0.29) is 11.7 Å². The first kappa shape index (κ1) is 16.9. The molecule has 1 aromatic heterocycles. The molecule has 7 heteroatoms. The van der Waals surface area contributed by atoms with Crippen LogP contribution >= 0.6 is 22.9 Å². The fraction of sp³-hybridized carbons (Fsp3) is 0.353. The first-order chi connectivity index (χ1) is 11.3. The zero-order valence-electron chi connectivity index (χ0n) is 13.4. The summed E-state index contributed by atoms with van der Waals surface area (Å²) in [4.78, 5) is 29.4. The van der Waals surface area contributed by atoms with E-state index in [1.54, 1.807) is 38.1 Å². The van der Waals surface area contributed by atoms with Gasteiger partial charge in [0.15, 0.2) is 16.5 Å². The molecule has 0 bridgehead atoms. The number of Topliss-reactive ketones (excluding diaryl/α,β-unsaturated/α-hetero) is 1. The van der Waals surface area contributed by atoms with Crippen LogP contribution in [0.15, 0.2) is 24.3 Å². The van der Waals surface area contributed by atoms with Gasteiger partial charge >= 0.3 is 0 Å². The molecule has 0 spiro atoms. The van der Waals surface area contributed by atoms with Crippen molar-refractivity contribution in [3.63, 3.8) is 0 Å². The molecule has 24 heavy (non-hydrogen) atoms. The summed E-state index contributed by atoms with van der Waals surface area (Å²) in [5.74, 6) is 0.329. The Morgan fingerprint density at radius 3 is 2.67 bits per heavy atom. The third-order valence-electron chi connectivity index (χ3n) is 3.72. The molecule has 1 aromatic carbocycles. The van der Waals surface area contributed by atoms with Crippen LogP contribution in [-0.2, 0) is 11.2 Å². The summed E-state index contributed by atoms with van der Waals surface area (Å²) < 4.78 is 5.75. The van der Waals surface area contributed by atoms with Gasteiger partial charge in [-0.15, -0.1) is 0 Å². The molecule has 0 saturated carbocycles. The predicted octanol–water partition coefficient (Wildman–Crippen LogP) is 4.11. The number of carbonyl (C=O) groups excluding carboxylic acids is 2. The number of halogens is 1. The van der Waals surface area contributed by atoms with E-state index in [4.69, 9.17) is 16.3 Å². The Hall–Kier alpha value is -1.92. The number of aryl methyl sites for hydroxylation is 1.